The lowest BCUT2D eigenvalue weighted by atomic mass is 10.0. The molecule has 20 heavy (non-hydrogen) atoms. The number of nitrogen functional groups attached to an aromatic ring is 1. The molecule has 0 spiro atoms. The lowest BCUT2D eigenvalue weighted by molar-refractivity contribution is 0.517. The first-order valence-corrected chi connectivity index (χ1v) is 6.37. The van der Waals surface area contributed by atoms with Crippen LogP contribution < -0.4 is 5.73 Å². The molecule has 0 saturated heterocycles. The molecule has 3 aromatic rings. The summed E-state index contributed by atoms with van der Waals surface area (Å²) in [7, 11) is 0. The molecule has 5 heteroatoms. The summed E-state index contributed by atoms with van der Waals surface area (Å²) in [5.41, 5.74) is 9.24. The summed E-state index contributed by atoms with van der Waals surface area (Å²) in [6.45, 7) is 2.01. The first-order valence-electron chi connectivity index (χ1n) is 6.37. The summed E-state index contributed by atoms with van der Waals surface area (Å²) < 4.78 is 18.5. The van der Waals surface area contributed by atoms with Gasteiger partial charge in [0, 0.05) is 12.0 Å². The van der Waals surface area contributed by atoms with Gasteiger partial charge >= 0.3 is 0 Å². The number of rotatable bonds is 3. The van der Waals surface area contributed by atoms with E-state index in [0.29, 0.717) is 5.82 Å². The zero-order valence-electron chi connectivity index (χ0n) is 11.0. The van der Waals surface area contributed by atoms with Crippen LogP contribution in [0.5, 0.6) is 0 Å². The third-order valence-corrected chi connectivity index (χ3v) is 3.26. The molecule has 0 amide bonds. The van der Waals surface area contributed by atoms with Gasteiger partial charge in [0.15, 0.2) is 5.82 Å². The number of furan rings is 1. The van der Waals surface area contributed by atoms with Crippen molar-refractivity contribution in [2.45, 2.75) is 13.3 Å². The Balaban J connectivity index is 2.17. The van der Waals surface area contributed by atoms with E-state index >= 15 is 0 Å². The van der Waals surface area contributed by atoms with Crippen molar-refractivity contribution in [2.24, 2.45) is 0 Å². The standard InChI is InChI=1S/C15H14FN3O/c1-2-12-11(7-8-20-12)14-13(15(17)19-18-14)9-3-5-10(16)6-4-9/h3-8H,2H2,1H3,(H3,17,18,19). The maximum atomic E-state index is 13.1. The van der Waals surface area contributed by atoms with Crippen molar-refractivity contribution < 1.29 is 8.81 Å². The Bertz CT molecular complexity index is 728. The summed E-state index contributed by atoms with van der Waals surface area (Å²) in [5.74, 6) is 0.960. The van der Waals surface area contributed by atoms with Gasteiger partial charge < -0.3 is 10.2 Å². The Morgan fingerprint density at radius 3 is 2.70 bits per heavy atom. The van der Waals surface area contributed by atoms with Gasteiger partial charge in [-0.25, -0.2) is 4.39 Å². The van der Waals surface area contributed by atoms with Gasteiger partial charge in [0.05, 0.1) is 17.5 Å². The molecule has 0 saturated carbocycles. The third-order valence-electron chi connectivity index (χ3n) is 3.26. The minimum atomic E-state index is -0.282. The van der Waals surface area contributed by atoms with Crippen LogP contribution in [0.3, 0.4) is 0 Å². The number of hydrogen-bond donors (Lipinski definition) is 2. The summed E-state index contributed by atoms with van der Waals surface area (Å²) >= 11 is 0. The van der Waals surface area contributed by atoms with Gasteiger partial charge in [-0.15, -0.1) is 0 Å². The fourth-order valence-electron chi connectivity index (χ4n) is 2.30. The van der Waals surface area contributed by atoms with Crippen molar-refractivity contribution in [3.8, 4) is 22.4 Å². The van der Waals surface area contributed by atoms with E-state index in [1.54, 1.807) is 18.4 Å². The second-order valence-corrected chi connectivity index (χ2v) is 4.48. The number of nitrogens with one attached hydrogen (secondary N) is 1. The van der Waals surface area contributed by atoms with Gasteiger partial charge in [0.25, 0.3) is 0 Å². The van der Waals surface area contributed by atoms with E-state index in [9.17, 15) is 4.39 Å². The molecule has 3 rings (SSSR count). The molecule has 0 unspecified atom stereocenters. The molecule has 0 fully saturated rings. The molecule has 0 atom stereocenters. The monoisotopic (exact) mass is 271 g/mol. The molecule has 0 radical (unpaired) electrons. The SMILES string of the molecule is CCc1occc1-c1[nH]nc(N)c1-c1ccc(F)cc1. The molecule has 0 aliphatic heterocycles. The maximum Gasteiger partial charge on any atom is 0.153 e. The number of nitrogens with zero attached hydrogens (tertiary/aromatic N) is 1. The van der Waals surface area contributed by atoms with E-state index in [0.717, 1.165) is 34.6 Å². The first kappa shape index (κ1) is 12.5. The predicted octanol–water partition coefficient (Wildman–Crippen LogP) is 3.62. The van der Waals surface area contributed by atoms with Crippen molar-refractivity contribution >= 4 is 5.82 Å². The summed E-state index contributed by atoms with van der Waals surface area (Å²) in [6.07, 6.45) is 2.41. The Kier molecular flexibility index (Phi) is 3.02. The highest BCUT2D eigenvalue weighted by Gasteiger charge is 2.18. The van der Waals surface area contributed by atoms with Crippen LogP contribution in [0.4, 0.5) is 10.2 Å². The second-order valence-electron chi connectivity index (χ2n) is 4.48. The molecular formula is C15H14FN3O. The highest BCUT2D eigenvalue weighted by molar-refractivity contribution is 5.88. The molecular weight excluding hydrogens is 257 g/mol. The van der Waals surface area contributed by atoms with E-state index < -0.39 is 0 Å². The number of anilines is 1. The Morgan fingerprint density at radius 2 is 2.00 bits per heavy atom. The van der Waals surface area contributed by atoms with Gasteiger partial charge in [0.2, 0.25) is 0 Å². The van der Waals surface area contributed by atoms with Gasteiger partial charge in [-0.2, -0.15) is 5.10 Å². The zero-order chi connectivity index (χ0) is 14.1. The van der Waals surface area contributed by atoms with Crippen molar-refractivity contribution in [1.82, 2.24) is 10.2 Å². The Morgan fingerprint density at radius 1 is 1.25 bits per heavy atom. The summed E-state index contributed by atoms with van der Waals surface area (Å²) in [6, 6.07) is 8.06. The topological polar surface area (TPSA) is 67.8 Å². The lowest BCUT2D eigenvalue weighted by Gasteiger charge is -2.04. The molecule has 1 aromatic carbocycles. The lowest BCUT2D eigenvalue weighted by Crippen LogP contribution is -1.90. The van der Waals surface area contributed by atoms with Crippen molar-refractivity contribution in [1.29, 1.82) is 0 Å². The minimum absolute atomic E-state index is 0.282. The van der Waals surface area contributed by atoms with Crippen molar-refractivity contribution in [2.75, 3.05) is 5.73 Å². The molecule has 0 bridgehead atoms. The fraction of sp³-hybridized carbons (Fsp3) is 0.133. The molecule has 3 N–H and O–H groups in total. The van der Waals surface area contributed by atoms with Crippen molar-refractivity contribution in [3.63, 3.8) is 0 Å². The number of halogens is 1. The number of aromatic nitrogens is 2. The number of aromatic amines is 1. The van der Waals surface area contributed by atoms with E-state index in [-0.39, 0.29) is 5.82 Å². The number of benzene rings is 1. The first-order chi connectivity index (χ1) is 9.70. The molecule has 0 aliphatic carbocycles. The van der Waals surface area contributed by atoms with Crippen LogP contribution in [0.25, 0.3) is 22.4 Å². The Labute approximate surface area is 115 Å². The zero-order valence-corrected chi connectivity index (χ0v) is 11.0. The van der Waals surface area contributed by atoms with Gasteiger partial charge in [-0.3, -0.25) is 5.10 Å². The van der Waals surface area contributed by atoms with Gasteiger partial charge in [0.1, 0.15) is 11.6 Å². The van der Waals surface area contributed by atoms with Crippen molar-refractivity contribution in [3.05, 3.63) is 48.2 Å². The maximum absolute atomic E-state index is 13.1. The number of hydrogen-bond acceptors (Lipinski definition) is 3. The highest BCUT2D eigenvalue weighted by atomic mass is 19.1. The molecule has 102 valence electrons. The summed E-state index contributed by atoms with van der Waals surface area (Å²) in [4.78, 5) is 0. The average molecular weight is 271 g/mol. The largest absolute Gasteiger partial charge is 0.469 e. The van der Waals surface area contributed by atoms with E-state index in [4.69, 9.17) is 10.2 Å². The van der Waals surface area contributed by atoms with Crippen LogP contribution in [-0.4, -0.2) is 10.2 Å². The smallest absolute Gasteiger partial charge is 0.153 e. The van der Waals surface area contributed by atoms with Crippen LogP contribution in [-0.2, 0) is 6.42 Å². The van der Waals surface area contributed by atoms with Crippen LogP contribution in [0.2, 0.25) is 0 Å². The minimum Gasteiger partial charge on any atom is -0.469 e. The predicted molar refractivity (Wildman–Crippen MR) is 75.5 cm³/mol. The number of aryl methyl sites for hydroxylation is 1. The van der Waals surface area contributed by atoms with Crippen LogP contribution in [0.1, 0.15) is 12.7 Å². The average Bonchev–Trinajstić information content (AvgIpc) is 3.05. The molecule has 2 aromatic heterocycles. The van der Waals surface area contributed by atoms with Gasteiger partial charge in [-0.1, -0.05) is 19.1 Å². The summed E-state index contributed by atoms with van der Waals surface area (Å²) in [5, 5.41) is 7.00. The van der Waals surface area contributed by atoms with E-state index in [2.05, 4.69) is 10.2 Å². The van der Waals surface area contributed by atoms with Crippen LogP contribution in [0, 0.1) is 5.82 Å². The molecule has 2 heterocycles. The Hall–Kier alpha value is -2.56. The van der Waals surface area contributed by atoms with Crippen LogP contribution >= 0.6 is 0 Å². The highest BCUT2D eigenvalue weighted by Crippen LogP contribution is 2.36. The molecule has 4 nitrogen and oxygen atoms in total. The number of H-pyrrole nitrogens is 1. The quantitative estimate of drug-likeness (QED) is 0.764. The normalized spacial score (nSPS) is 10.9. The van der Waals surface area contributed by atoms with E-state index in [1.165, 1.54) is 12.1 Å². The van der Waals surface area contributed by atoms with Gasteiger partial charge in [-0.05, 0) is 23.8 Å². The second kappa shape index (κ2) is 4.85. The van der Waals surface area contributed by atoms with Crippen LogP contribution in [0.15, 0.2) is 41.0 Å². The number of nitrogens with two attached hydrogens (primary N) is 1. The third kappa shape index (κ3) is 1.97. The fourth-order valence-corrected chi connectivity index (χ4v) is 2.30. The van der Waals surface area contributed by atoms with E-state index in [1.807, 2.05) is 13.0 Å². The molecule has 0 aliphatic rings.